The summed E-state index contributed by atoms with van der Waals surface area (Å²) in [6.07, 6.45) is 0.998. The van der Waals surface area contributed by atoms with E-state index < -0.39 is 0 Å². The van der Waals surface area contributed by atoms with Crippen LogP contribution < -0.4 is 5.73 Å². The van der Waals surface area contributed by atoms with Gasteiger partial charge in [0.25, 0.3) is 0 Å². The number of thiophene rings is 1. The zero-order chi connectivity index (χ0) is 14.0. The molecule has 0 aromatic carbocycles. The van der Waals surface area contributed by atoms with Crippen LogP contribution in [0.5, 0.6) is 0 Å². The van der Waals surface area contributed by atoms with Gasteiger partial charge in [-0.05, 0) is 41.4 Å². The van der Waals surface area contributed by atoms with Gasteiger partial charge >= 0.3 is 0 Å². The predicted molar refractivity (Wildman–Crippen MR) is 82.2 cm³/mol. The number of hydrogen-bond acceptors (Lipinski definition) is 4. The molecule has 0 aliphatic carbocycles. The number of nitrogens with two attached hydrogens (primary N) is 1. The minimum absolute atomic E-state index is 0.00163. The predicted octanol–water partition coefficient (Wildman–Crippen LogP) is 2.06. The number of carbonyl (C=O) groups excluding carboxylic acids is 1. The minimum Gasteiger partial charge on any atom is -0.345 e. The molecule has 2 rings (SSSR count). The van der Waals surface area contributed by atoms with Crippen LogP contribution >= 0.6 is 27.3 Å². The molecule has 1 aromatic rings. The second kappa shape index (κ2) is 6.35. The van der Waals surface area contributed by atoms with Crippen LogP contribution in [0.4, 0.5) is 0 Å². The highest BCUT2D eigenvalue weighted by molar-refractivity contribution is 9.11. The van der Waals surface area contributed by atoms with E-state index in [9.17, 15) is 4.79 Å². The van der Waals surface area contributed by atoms with Gasteiger partial charge in [0.15, 0.2) is 0 Å². The van der Waals surface area contributed by atoms with Gasteiger partial charge in [0.1, 0.15) is 0 Å². The van der Waals surface area contributed by atoms with Crippen LogP contribution in [0.3, 0.4) is 0 Å². The summed E-state index contributed by atoms with van der Waals surface area (Å²) < 4.78 is 1.10. The zero-order valence-corrected chi connectivity index (χ0v) is 13.7. The first-order chi connectivity index (χ1) is 8.99. The van der Waals surface area contributed by atoms with Crippen LogP contribution in [0.15, 0.2) is 15.9 Å². The molecule has 1 aromatic heterocycles. The summed E-state index contributed by atoms with van der Waals surface area (Å²) in [6, 6.07) is 4.26. The van der Waals surface area contributed by atoms with Crippen molar-refractivity contribution in [1.29, 1.82) is 0 Å². The molecule has 2 unspecified atom stereocenters. The van der Waals surface area contributed by atoms with Crippen molar-refractivity contribution in [3.63, 3.8) is 0 Å². The fraction of sp³-hybridized carbons (Fsp3) is 0.615. The van der Waals surface area contributed by atoms with Gasteiger partial charge in [-0.25, -0.2) is 0 Å². The summed E-state index contributed by atoms with van der Waals surface area (Å²) in [4.78, 5) is 17.3. The van der Waals surface area contributed by atoms with E-state index in [0.717, 1.165) is 23.3 Å². The second-order valence-electron chi connectivity index (χ2n) is 5.09. The van der Waals surface area contributed by atoms with Gasteiger partial charge < -0.3 is 10.6 Å². The third kappa shape index (κ3) is 3.56. The van der Waals surface area contributed by atoms with Crippen molar-refractivity contribution in [2.45, 2.75) is 25.4 Å². The summed E-state index contributed by atoms with van der Waals surface area (Å²) in [5, 5.41) is 0. The summed E-state index contributed by atoms with van der Waals surface area (Å²) in [6.45, 7) is 4.21. The molecular weight excluding hydrogens is 326 g/mol. The molecule has 2 heterocycles. The van der Waals surface area contributed by atoms with E-state index in [-0.39, 0.29) is 18.0 Å². The number of carbonyl (C=O) groups is 1. The monoisotopic (exact) mass is 345 g/mol. The van der Waals surface area contributed by atoms with E-state index in [1.165, 1.54) is 4.88 Å². The van der Waals surface area contributed by atoms with E-state index in [4.69, 9.17) is 5.73 Å². The van der Waals surface area contributed by atoms with Crippen molar-refractivity contribution in [3.05, 3.63) is 20.8 Å². The molecule has 1 aliphatic rings. The van der Waals surface area contributed by atoms with E-state index in [1.807, 2.05) is 24.9 Å². The summed E-state index contributed by atoms with van der Waals surface area (Å²) in [5.41, 5.74) is 6.16. The Balaban J connectivity index is 2.21. The van der Waals surface area contributed by atoms with Crippen molar-refractivity contribution in [1.82, 2.24) is 9.80 Å². The average molecular weight is 346 g/mol. The molecule has 4 nitrogen and oxygen atoms in total. The Morgan fingerprint density at radius 2 is 2.16 bits per heavy atom. The van der Waals surface area contributed by atoms with Gasteiger partial charge in [-0.2, -0.15) is 0 Å². The Morgan fingerprint density at radius 3 is 2.74 bits per heavy atom. The summed E-state index contributed by atoms with van der Waals surface area (Å²) in [5.74, 6) is 0.179. The maximum absolute atomic E-state index is 12.0. The van der Waals surface area contributed by atoms with Crippen LogP contribution in [0.1, 0.15) is 24.3 Å². The van der Waals surface area contributed by atoms with Crippen molar-refractivity contribution in [2.24, 2.45) is 5.73 Å². The largest absolute Gasteiger partial charge is 0.345 e. The number of nitrogens with zero attached hydrogens (tertiary/aromatic N) is 2. The first kappa shape index (κ1) is 15.0. The fourth-order valence-electron chi connectivity index (χ4n) is 2.51. The normalized spacial score (nSPS) is 21.3. The molecular formula is C13H20BrN3OS. The fourth-order valence-corrected chi connectivity index (χ4v) is 4.18. The number of hydrogen-bond donors (Lipinski definition) is 1. The Morgan fingerprint density at radius 1 is 1.42 bits per heavy atom. The Kier molecular flexibility index (Phi) is 5.00. The van der Waals surface area contributed by atoms with E-state index in [2.05, 4.69) is 26.9 Å². The zero-order valence-electron chi connectivity index (χ0n) is 11.3. The molecule has 2 atom stereocenters. The van der Waals surface area contributed by atoms with Gasteiger partial charge in [-0.3, -0.25) is 9.69 Å². The first-order valence-corrected chi connectivity index (χ1v) is 8.09. The number of likely N-dealkylation sites (N-methyl/N-ethyl adjacent to an activating group) is 1. The Labute approximate surface area is 126 Å². The van der Waals surface area contributed by atoms with Gasteiger partial charge in [0.2, 0.25) is 5.91 Å². The number of rotatable bonds is 3. The number of amides is 1. The van der Waals surface area contributed by atoms with Gasteiger partial charge in [-0.15, -0.1) is 11.3 Å². The van der Waals surface area contributed by atoms with Crippen LogP contribution in [-0.2, 0) is 4.79 Å². The highest BCUT2D eigenvalue weighted by atomic mass is 79.9. The molecule has 1 fully saturated rings. The topological polar surface area (TPSA) is 49.6 Å². The van der Waals surface area contributed by atoms with Crippen LogP contribution in [-0.4, -0.2) is 48.4 Å². The molecule has 6 heteroatoms. The quantitative estimate of drug-likeness (QED) is 0.912. The van der Waals surface area contributed by atoms with Gasteiger partial charge in [-0.1, -0.05) is 0 Å². The molecule has 0 spiro atoms. The lowest BCUT2D eigenvalue weighted by Gasteiger charge is -2.32. The number of halogens is 1. The standard InChI is InChI=1S/C13H20BrN3OS/c1-9(15)13(10-4-5-11(14)19-10)17-7-3-6-16(2)12(18)8-17/h4-5,9,13H,3,6-8,15H2,1-2H3. The van der Waals surface area contributed by atoms with Crippen LogP contribution in [0.25, 0.3) is 0 Å². The lowest BCUT2D eigenvalue weighted by molar-refractivity contribution is -0.130. The molecule has 106 valence electrons. The third-order valence-corrected chi connectivity index (χ3v) is 5.17. The molecule has 1 saturated heterocycles. The maximum Gasteiger partial charge on any atom is 0.236 e. The van der Waals surface area contributed by atoms with Gasteiger partial charge in [0, 0.05) is 31.1 Å². The maximum atomic E-state index is 12.0. The highest BCUT2D eigenvalue weighted by Gasteiger charge is 2.29. The second-order valence-corrected chi connectivity index (χ2v) is 7.58. The van der Waals surface area contributed by atoms with Crippen LogP contribution in [0, 0.1) is 0 Å². The van der Waals surface area contributed by atoms with Crippen molar-refractivity contribution in [3.8, 4) is 0 Å². The molecule has 0 radical (unpaired) electrons. The summed E-state index contributed by atoms with van der Waals surface area (Å²) in [7, 11) is 1.87. The Bertz CT molecular complexity index is 449. The smallest absolute Gasteiger partial charge is 0.236 e. The van der Waals surface area contributed by atoms with Crippen LogP contribution in [0.2, 0.25) is 0 Å². The molecule has 1 amide bonds. The van der Waals surface area contributed by atoms with Gasteiger partial charge in [0.05, 0.1) is 16.4 Å². The lowest BCUT2D eigenvalue weighted by atomic mass is 10.1. The van der Waals surface area contributed by atoms with Crippen molar-refractivity contribution >= 4 is 33.2 Å². The highest BCUT2D eigenvalue weighted by Crippen LogP contribution is 2.33. The average Bonchev–Trinajstić information content (AvgIpc) is 2.67. The molecule has 2 N–H and O–H groups in total. The van der Waals surface area contributed by atoms with E-state index >= 15 is 0 Å². The molecule has 0 bridgehead atoms. The third-order valence-electron chi connectivity index (χ3n) is 3.48. The lowest BCUT2D eigenvalue weighted by Crippen LogP contribution is -2.42. The van der Waals surface area contributed by atoms with Crippen molar-refractivity contribution in [2.75, 3.05) is 26.7 Å². The first-order valence-electron chi connectivity index (χ1n) is 6.48. The Hall–Kier alpha value is -0.430. The SMILES string of the molecule is CC(N)C(c1ccc(Br)s1)N1CCCN(C)C(=O)C1. The molecule has 19 heavy (non-hydrogen) atoms. The molecule has 0 saturated carbocycles. The van der Waals surface area contributed by atoms with E-state index in [1.54, 1.807) is 11.3 Å². The van der Waals surface area contributed by atoms with E-state index in [0.29, 0.717) is 6.54 Å². The molecule has 1 aliphatic heterocycles. The minimum atomic E-state index is 0.00163. The van der Waals surface area contributed by atoms with Crippen molar-refractivity contribution < 1.29 is 4.79 Å². The summed E-state index contributed by atoms with van der Waals surface area (Å²) >= 11 is 5.19.